The molecule has 2 aromatic rings. The number of hydrogen-bond acceptors (Lipinski definition) is 3. The zero-order valence-corrected chi connectivity index (χ0v) is 12.1. The average Bonchev–Trinajstić information content (AvgIpc) is 2.39. The molecule has 1 atom stereocenters. The summed E-state index contributed by atoms with van der Waals surface area (Å²) in [6.07, 6.45) is 1.50. The molecule has 0 radical (unpaired) electrons. The van der Waals surface area contributed by atoms with Gasteiger partial charge in [0.2, 0.25) is 0 Å². The lowest BCUT2D eigenvalue weighted by Gasteiger charge is -2.06. The van der Waals surface area contributed by atoms with E-state index in [4.69, 9.17) is 5.11 Å². The predicted octanol–water partition coefficient (Wildman–Crippen LogP) is 2.85. The summed E-state index contributed by atoms with van der Waals surface area (Å²) in [7, 11) is -1.35. The molecular formula is C13H10BrNO3S. The van der Waals surface area contributed by atoms with Crippen LogP contribution < -0.4 is 0 Å². The Balaban J connectivity index is 2.30. The first kappa shape index (κ1) is 13.9. The van der Waals surface area contributed by atoms with Crippen LogP contribution in [-0.4, -0.2) is 20.3 Å². The van der Waals surface area contributed by atoms with Gasteiger partial charge in [-0.05, 0) is 40.2 Å². The summed E-state index contributed by atoms with van der Waals surface area (Å²) in [6, 6.07) is 10.2. The van der Waals surface area contributed by atoms with E-state index in [0.29, 0.717) is 10.6 Å². The van der Waals surface area contributed by atoms with E-state index in [1.807, 2.05) is 6.07 Å². The predicted molar refractivity (Wildman–Crippen MR) is 75.5 cm³/mol. The number of carbonyl (C=O) groups is 1. The van der Waals surface area contributed by atoms with E-state index in [2.05, 4.69) is 20.9 Å². The first-order valence-electron chi connectivity index (χ1n) is 5.39. The average molecular weight is 340 g/mol. The SMILES string of the molecule is O=C(O)c1cccnc1CS(=O)c1ccccc1Br. The number of carboxylic acids is 1. The number of carboxylic acid groups (broad SMARTS) is 1. The Morgan fingerprint density at radius 1 is 1.26 bits per heavy atom. The highest BCUT2D eigenvalue weighted by Crippen LogP contribution is 2.22. The number of benzene rings is 1. The van der Waals surface area contributed by atoms with E-state index in [-0.39, 0.29) is 11.3 Å². The third-order valence-electron chi connectivity index (χ3n) is 2.47. The fraction of sp³-hybridized carbons (Fsp3) is 0.0769. The lowest BCUT2D eigenvalue weighted by molar-refractivity contribution is 0.0695. The summed E-state index contributed by atoms with van der Waals surface area (Å²) in [5, 5.41) is 9.06. The Kier molecular flexibility index (Phi) is 4.44. The van der Waals surface area contributed by atoms with Crippen LogP contribution in [0, 0.1) is 0 Å². The van der Waals surface area contributed by atoms with Crippen LogP contribution in [0.2, 0.25) is 0 Å². The molecule has 1 unspecified atom stereocenters. The summed E-state index contributed by atoms with van der Waals surface area (Å²) in [5.41, 5.74) is 0.409. The van der Waals surface area contributed by atoms with E-state index >= 15 is 0 Å². The van der Waals surface area contributed by atoms with Crippen LogP contribution in [0.15, 0.2) is 52.0 Å². The van der Waals surface area contributed by atoms with Gasteiger partial charge in [-0.25, -0.2) is 4.79 Å². The van der Waals surface area contributed by atoms with Crippen molar-refractivity contribution in [3.8, 4) is 0 Å². The maximum Gasteiger partial charge on any atom is 0.337 e. The molecule has 0 fully saturated rings. The molecule has 6 heteroatoms. The minimum absolute atomic E-state index is 0.0745. The van der Waals surface area contributed by atoms with Crippen LogP contribution in [0.25, 0.3) is 0 Å². The van der Waals surface area contributed by atoms with Crippen molar-refractivity contribution in [3.05, 3.63) is 58.3 Å². The molecule has 0 bridgehead atoms. The third-order valence-corrected chi connectivity index (χ3v) is 4.81. The first-order chi connectivity index (χ1) is 9.09. The monoisotopic (exact) mass is 339 g/mol. The van der Waals surface area contributed by atoms with Crippen molar-refractivity contribution in [1.82, 2.24) is 4.98 Å². The molecule has 98 valence electrons. The maximum absolute atomic E-state index is 12.3. The summed E-state index contributed by atoms with van der Waals surface area (Å²) < 4.78 is 13.0. The van der Waals surface area contributed by atoms with Crippen molar-refractivity contribution >= 4 is 32.7 Å². The van der Waals surface area contributed by atoms with Crippen molar-refractivity contribution in [2.75, 3.05) is 0 Å². The van der Waals surface area contributed by atoms with Gasteiger partial charge in [0.05, 0.1) is 32.7 Å². The molecule has 0 amide bonds. The highest BCUT2D eigenvalue weighted by molar-refractivity contribution is 9.10. The van der Waals surface area contributed by atoms with E-state index in [9.17, 15) is 9.00 Å². The smallest absolute Gasteiger partial charge is 0.337 e. The van der Waals surface area contributed by atoms with Crippen LogP contribution in [0.5, 0.6) is 0 Å². The number of nitrogens with zero attached hydrogens (tertiary/aromatic N) is 1. The molecule has 1 aromatic heterocycles. The summed E-state index contributed by atoms with van der Waals surface area (Å²) in [6.45, 7) is 0. The van der Waals surface area contributed by atoms with Gasteiger partial charge < -0.3 is 5.11 Å². The molecule has 19 heavy (non-hydrogen) atoms. The quantitative estimate of drug-likeness (QED) is 0.929. The Morgan fingerprint density at radius 2 is 2.00 bits per heavy atom. The minimum Gasteiger partial charge on any atom is -0.478 e. The number of halogens is 1. The topological polar surface area (TPSA) is 67.3 Å². The van der Waals surface area contributed by atoms with Crippen molar-refractivity contribution in [1.29, 1.82) is 0 Å². The van der Waals surface area contributed by atoms with E-state index in [0.717, 1.165) is 4.47 Å². The van der Waals surface area contributed by atoms with Crippen molar-refractivity contribution in [2.24, 2.45) is 0 Å². The number of aromatic nitrogens is 1. The van der Waals surface area contributed by atoms with Crippen LogP contribution >= 0.6 is 15.9 Å². The maximum atomic E-state index is 12.3. The fourth-order valence-corrected chi connectivity index (χ4v) is 3.56. The van der Waals surface area contributed by atoms with Gasteiger partial charge in [0.1, 0.15) is 0 Å². The van der Waals surface area contributed by atoms with Crippen molar-refractivity contribution in [3.63, 3.8) is 0 Å². The zero-order valence-electron chi connectivity index (χ0n) is 9.75. The Bertz CT molecular complexity index is 645. The van der Waals surface area contributed by atoms with Gasteiger partial charge in [0, 0.05) is 10.7 Å². The largest absolute Gasteiger partial charge is 0.478 e. The fourth-order valence-electron chi connectivity index (χ4n) is 1.58. The number of pyridine rings is 1. The molecule has 1 heterocycles. The first-order valence-corrected chi connectivity index (χ1v) is 7.51. The van der Waals surface area contributed by atoms with Gasteiger partial charge in [0.15, 0.2) is 0 Å². The van der Waals surface area contributed by atoms with Gasteiger partial charge >= 0.3 is 5.97 Å². The summed E-state index contributed by atoms with van der Waals surface area (Å²) in [5.74, 6) is -0.988. The molecule has 0 spiro atoms. The third kappa shape index (κ3) is 3.27. The highest BCUT2D eigenvalue weighted by Gasteiger charge is 2.15. The van der Waals surface area contributed by atoms with Crippen LogP contribution in [-0.2, 0) is 16.6 Å². The lowest BCUT2D eigenvalue weighted by atomic mass is 10.2. The van der Waals surface area contributed by atoms with Crippen molar-refractivity contribution in [2.45, 2.75) is 10.6 Å². The Morgan fingerprint density at radius 3 is 2.68 bits per heavy atom. The normalized spacial score (nSPS) is 12.1. The van der Waals surface area contributed by atoms with Crippen molar-refractivity contribution < 1.29 is 14.1 Å². The molecule has 2 rings (SSSR count). The molecule has 0 aliphatic rings. The van der Waals surface area contributed by atoms with Gasteiger partial charge in [-0.15, -0.1) is 0 Å². The van der Waals surface area contributed by atoms with Gasteiger partial charge in [-0.2, -0.15) is 0 Å². The lowest BCUT2D eigenvalue weighted by Crippen LogP contribution is -2.07. The minimum atomic E-state index is -1.35. The second-order valence-electron chi connectivity index (χ2n) is 3.72. The van der Waals surface area contributed by atoms with E-state index < -0.39 is 16.8 Å². The molecule has 1 aromatic carbocycles. The summed E-state index contributed by atoms with van der Waals surface area (Å²) in [4.78, 5) is 15.7. The number of aromatic carboxylic acids is 1. The molecule has 1 N–H and O–H groups in total. The van der Waals surface area contributed by atoms with Crippen LogP contribution in [0.3, 0.4) is 0 Å². The van der Waals surface area contributed by atoms with Gasteiger partial charge in [0.25, 0.3) is 0 Å². The summed E-state index contributed by atoms with van der Waals surface area (Å²) >= 11 is 3.33. The Hall–Kier alpha value is -1.53. The molecule has 0 saturated heterocycles. The molecule has 4 nitrogen and oxygen atoms in total. The zero-order chi connectivity index (χ0) is 13.8. The van der Waals surface area contributed by atoms with Crippen LogP contribution in [0.4, 0.5) is 0 Å². The molecule has 0 aliphatic carbocycles. The van der Waals surface area contributed by atoms with Gasteiger partial charge in [-0.3, -0.25) is 9.19 Å². The standard InChI is InChI=1S/C13H10BrNO3S/c14-10-5-1-2-6-12(10)19(18)8-11-9(13(16)17)4-3-7-15-11/h1-7H,8H2,(H,16,17). The Labute approximate surface area is 121 Å². The highest BCUT2D eigenvalue weighted by atomic mass is 79.9. The molecular weight excluding hydrogens is 330 g/mol. The second-order valence-corrected chi connectivity index (χ2v) is 6.00. The van der Waals surface area contributed by atoms with Crippen LogP contribution in [0.1, 0.15) is 16.1 Å². The second kappa shape index (κ2) is 6.08. The van der Waals surface area contributed by atoms with E-state index in [1.165, 1.54) is 12.3 Å². The van der Waals surface area contributed by atoms with E-state index in [1.54, 1.807) is 24.3 Å². The van der Waals surface area contributed by atoms with Gasteiger partial charge in [-0.1, -0.05) is 12.1 Å². The number of hydrogen-bond donors (Lipinski definition) is 1. The molecule has 0 aliphatic heterocycles. The number of rotatable bonds is 4. The molecule has 0 saturated carbocycles.